The molecule has 3 nitrogen and oxygen atoms in total. The van der Waals surface area contributed by atoms with Gasteiger partial charge < -0.3 is 14.6 Å². The van der Waals surface area contributed by atoms with E-state index in [1.165, 1.54) is 7.11 Å². The molecule has 0 radical (unpaired) electrons. The molecule has 0 aliphatic rings. The van der Waals surface area contributed by atoms with Gasteiger partial charge in [-0.3, -0.25) is 0 Å². The minimum absolute atomic E-state index is 0. The van der Waals surface area contributed by atoms with Gasteiger partial charge in [0.1, 0.15) is 0 Å². The molecule has 0 amide bonds. The average molecular weight is 234 g/mol. The summed E-state index contributed by atoms with van der Waals surface area (Å²) in [5.41, 5.74) is 0.879. The Bertz CT molecular complexity index is 348. The molecule has 0 heterocycles. The fraction of sp³-hybridized carbons (Fsp3) is 0.273. The Kier molecular flexibility index (Phi) is 7.30. The molecule has 0 saturated carbocycles. The molecule has 15 heavy (non-hydrogen) atoms. The van der Waals surface area contributed by atoms with Crippen LogP contribution in [-0.2, 0) is 0 Å². The predicted molar refractivity (Wildman–Crippen MR) is 63.1 cm³/mol. The number of ether oxygens (including phenoxy) is 2. The van der Waals surface area contributed by atoms with Crippen LogP contribution >= 0.6 is 0 Å². The number of rotatable bonds is 3. The number of methoxy groups -OCH3 is 2. The molecule has 0 spiro atoms. The summed E-state index contributed by atoms with van der Waals surface area (Å²) in [4.78, 5) is 0. The Morgan fingerprint density at radius 1 is 1.13 bits per heavy atom. The van der Waals surface area contributed by atoms with Crippen LogP contribution in [0.25, 0.3) is 6.08 Å². The van der Waals surface area contributed by atoms with Gasteiger partial charge >= 0.3 is 51.4 Å². The molecule has 1 rings (SSSR count). The summed E-state index contributed by atoms with van der Waals surface area (Å²) < 4.78 is 10.2. The van der Waals surface area contributed by atoms with E-state index in [1.807, 2.05) is 19.1 Å². The van der Waals surface area contributed by atoms with E-state index in [-0.39, 0.29) is 57.1 Å². The Morgan fingerprint density at radius 3 is 2.20 bits per heavy atom. The summed E-state index contributed by atoms with van der Waals surface area (Å²) >= 11 is 0. The zero-order valence-electron chi connectivity index (χ0n) is 8.57. The molecule has 0 aromatic heterocycles. The van der Waals surface area contributed by atoms with Crippen molar-refractivity contribution in [3.63, 3.8) is 0 Å². The SMILES string of the molecule is CC=Cc1ccc(O)c(OC)c1OC.[KH]. The second-order valence-corrected chi connectivity index (χ2v) is 2.74. The molecule has 1 N–H and O–H groups in total. The third-order valence-electron chi connectivity index (χ3n) is 1.88. The summed E-state index contributed by atoms with van der Waals surface area (Å²) in [6, 6.07) is 3.35. The molecular weight excluding hydrogens is 219 g/mol. The Hall–Kier alpha value is -0.00364. The van der Waals surface area contributed by atoms with Gasteiger partial charge in [0.15, 0.2) is 11.5 Å². The minimum atomic E-state index is 0. The van der Waals surface area contributed by atoms with E-state index < -0.39 is 0 Å². The molecule has 0 saturated heterocycles. The normalized spacial score (nSPS) is 9.80. The molecule has 1 aromatic rings. The summed E-state index contributed by atoms with van der Waals surface area (Å²) in [5.74, 6) is 0.992. The van der Waals surface area contributed by atoms with Crippen LogP contribution in [0.2, 0.25) is 0 Å². The van der Waals surface area contributed by atoms with Gasteiger partial charge in [-0.1, -0.05) is 12.2 Å². The third kappa shape index (κ3) is 3.50. The zero-order valence-corrected chi connectivity index (χ0v) is 8.57. The molecule has 4 heteroatoms. The summed E-state index contributed by atoms with van der Waals surface area (Å²) in [6.45, 7) is 1.92. The predicted octanol–water partition coefficient (Wildman–Crippen LogP) is 1.79. The van der Waals surface area contributed by atoms with Crippen molar-refractivity contribution >= 4 is 57.5 Å². The first-order valence-corrected chi connectivity index (χ1v) is 4.31. The zero-order chi connectivity index (χ0) is 10.6. The fourth-order valence-corrected chi connectivity index (χ4v) is 1.29. The molecular formula is C11H15KO3. The number of allylic oxidation sites excluding steroid dienone is 1. The monoisotopic (exact) mass is 234 g/mol. The van der Waals surface area contributed by atoms with Crippen molar-refractivity contribution in [2.45, 2.75) is 6.92 Å². The molecule has 78 valence electrons. The van der Waals surface area contributed by atoms with Crippen molar-refractivity contribution in [2.24, 2.45) is 0 Å². The van der Waals surface area contributed by atoms with E-state index in [0.29, 0.717) is 11.5 Å². The Labute approximate surface area is 133 Å². The van der Waals surface area contributed by atoms with Crippen LogP contribution in [0.15, 0.2) is 18.2 Å². The van der Waals surface area contributed by atoms with Crippen molar-refractivity contribution in [3.05, 3.63) is 23.8 Å². The van der Waals surface area contributed by atoms with Gasteiger partial charge in [-0.15, -0.1) is 0 Å². The molecule has 0 atom stereocenters. The summed E-state index contributed by atoms with van der Waals surface area (Å²) in [6.07, 6.45) is 3.79. The summed E-state index contributed by atoms with van der Waals surface area (Å²) in [5, 5.41) is 9.49. The number of benzene rings is 1. The number of phenolic OH excluding ortho intramolecular Hbond substituents is 1. The van der Waals surface area contributed by atoms with Gasteiger partial charge in [-0.25, -0.2) is 0 Å². The van der Waals surface area contributed by atoms with E-state index in [0.717, 1.165) is 5.56 Å². The molecule has 0 aliphatic heterocycles. The Morgan fingerprint density at radius 2 is 1.73 bits per heavy atom. The van der Waals surface area contributed by atoms with Gasteiger partial charge in [-0.05, 0) is 19.1 Å². The van der Waals surface area contributed by atoms with E-state index in [1.54, 1.807) is 19.2 Å². The first-order chi connectivity index (χ1) is 6.74. The Balaban J connectivity index is 0.00000196. The maximum atomic E-state index is 9.49. The van der Waals surface area contributed by atoms with Crippen molar-refractivity contribution in [2.75, 3.05) is 14.2 Å². The third-order valence-corrected chi connectivity index (χ3v) is 1.88. The van der Waals surface area contributed by atoms with E-state index in [9.17, 15) is 5.11 Å². The average Bonchev–Trinajstić information content (AvgIpc) is 2.20. The van der Waals surface area contributed by atoms with Crippen molar-refractivity contribution in [1.82, 2.24) is 0 Å². The van der Waals surface area contributed by atoms with Crippen molar-refractivity contribution < 1.29 is 14.6 Å². The van der Waals surface area contributed by atoms with Crippen LogP contribution in [0.1, 0.15) is 12.5 Å². The molecule has 0 aliphatic carbocycles. The first kappa shape index (κ1) is 15.0. The number of hydrogen-bond donors (Lipinski definition) is 1. The van der Waals surface area contributed by atoms with Crippen LogP contribution in [0.4, 0.5) is 0 Å². The van der Waals surface area contributed by atoms with Gasteiger partial charge in [-0.2, -0.15) is 0 Å². The second-order valence-electron chi connectivity index (χ2n) is 2.74. The van der Waals surface area contributed by atoms with Crippen molar-refractivity contribution in [3.8, 4) is 17.2 Å². The van der Waals surface area contributed by atoms with Crippen LogP contribution in [0.3, 0.4) is 0 Å². The number of aromatic hydroxyl groups is 1. The first-order valence-electron chi connectivity index (χ1n) is 4.31. The van der Waals surface area contributed by atoms with E-state index in [4.69, 9.17) is 9.47 Å². The van der Waals surface area contributed by atoms with Gasteiger partial charge in [0, 0.05) is 5.56 Å². The van der Waals surface area contributed by atoms with E-state index >= 15 is 0 Å². The fourth-order valence-electron chi connectivity index (χ4n) is 1.29. The number of phenols is 1. The van der Waals surface area contributed by atoms with Crippen LogP contribution in [-0.4, -0.2) is 70.7 Å². The quantitative estimate of drug-likeness (QED) is 0.810. The van der Waals surface area contributed by atoms with E-state index in [2.05, 4.69) is 0 Å². The molecule has 0 fully saturated rings. The van der Waals surface area contributed by atoms with Crippen LogP contribution in [0, 0.1) is 0 Å². The molecule has 0 bridgehead atoms. The van der Waals surface area contributed by atoms with Gasteiger partial charge in [0.25, 0.3) is 0 Å². The maximum absolute atomic E-state index is 9.49. The standard InChI is InChI=1S/C11H14O3.K.H/c1-4-5-8-6-7-9(12)11(14-3)10(8)13-2;;/h4-7,12H,1-3H3;;. The second kappa shape index (κ2) is 7.30. The van der Waals surface area contributed by atoms with Crippen molar-refractivity contribution in [1.29, 1.82) is 0 Å². The van der Waals surface area contributed by atoms with Crippen LogP contribution < -0.4 is 9.47 Å². The molecule has 1 aromatic carbocycles. The molecule has 0 unspecified atom stereocenters. The van der Waals surface area contributed by atoms with Crippen LogP contribution in [0.5, 0.6) is 17.2 Å². The summed E-state index contributed by atoms with van der Waals surface area (Å²) in [7, 11) is 3.04. The van der Waals surface area contributed by atoms with Gasteiger partial charge in [0.05, 0.1) is 14.2 Å². The number of hydrogen-bond acceptors (Lipinski definition) is 3. The topological polar surface area (TPSA) is 38.7 Å². The van der Waals surface area contributed by atoms with Gasteiger partial charge in [0.2, 0.25) is 5.75 Å².